The number of carbonyl (C=O) groups excluding carboxylic acids is 1. The first-order valence-corrected chi connectivity index (χ1v) is 6.56. The average Bonchev–Trinajstić information content (AvgIpc) is 2.96. The number of nitrogens with zero attached hydrogens (tertiary/aromatic N) is 1. The standard InChI is InChI=1S/C15H18N4O2.HI/c1-11-4-2-5-12(8-11)19-15(16)18-10-14(20)17-9-13-6-3-7-21-13;/h2-8H,9-10H2,1H3,(H,17,20)(H3,16,18,19);1H. The Balaban J connectivity index is 0.00000242. The molecule has 2 rings (SSSR count). The van der Waals surface area contributed by atoms with Crippen LogP contribution in [0.3, 0.4) is 0 Å². The Morgan fingerprint density at radius 2 is 2.14 bits per heavy atom. The summed E-state index contributed by atoms with van der Waals surface area (Å²) in [6.45, 7) is 2.29. The number of nitrogens with two attached hydrogens (primary N) is 1. The molecule has 1 amide bonds. The Morgan fingerprint density at radius 1 is 1.32 bits per heavy atom. The summed E-state index contributed by atoms with van der Waals surface area (Å²) in [5, 5.41) is 5.63. The summed E-state index contributed by atoms with van der Waals surface area (Å²) in [6, 6.07) is 11.3. The lowest BCUT2D eigenvalue weighted by Gasteiger charge is -2.06. The smallest absolute Gasteiger partial charge is 0.242 e. The van der Waals surface area contributed by atoms with Gasteiger partial charge in [0.1, 0.15) is 12.3 Å². The van der Waals surface area contributed by atoms with Gasteiger partial charge in [-0.2, -0.15) is 0 Å². The first kappa shape index (κ1) is 18.0. The van der Waals surface area contributed by atoms with Crippen molar-refractivity contribution in [2.24, 2.45) is 10.7 Å². The average molecular weight is 414 g/mol. The number of hydrogen-bond donors (Lipinski definition) is 3. The van der Waals surface area contributed by atoms with E-state index in [0.717, 1.165) is 11.3 Å². The van der Waals surface area contributed by atoms with Gasteiger partial charge in [0, 0.05) is 5.69 Å². The molecule has 118 valence electrons. The predicted octanol–water partition coefficient (Wildman–Crippen LogP) is 2.25. The number of benzene rings is 1. The molecule has 0 aliphatic rings. The molecule has 2 aromatic rings. The fourth-order valence-corrected chi connectivity index (χ4v) is 1.72. The van der Waals surface area contributed by atoms with E-state index in [4.69, 9.17) is 10.2 Å². The normalized spacial score (nSPS) is 10.7. The highest BCUT2D eigenvalue weighted by Gasteiger charge is 2.02. The van der Waals surface area contributed by atoms with Crippen LogP contribution in [0.15, 0.2) is 52.1 Å². The number of hydrogen-bond acceptors (Lipinski definition) is 3. The SMILES string of the molecule is Cc1cccc(NC(N)=NCC(=O)NCc2ccco2)c1.I. The lowest BCUT2D eigenvalue weighted by Crippen LogP contribution is -2.28. The summed E-state index contributed by atoms with van der Waals surface area (Å²) >= 11 is 0. The Kier molecular flexibility index (Phi) is 7.44. The topological polar surface area (TPSA) is 92.6 Å². The number of aryl methyl sites for hydroxylation is 1. The van der Waals surface area contributed by atoms with Crippen molar-refractivity contribution < 1.29 is 9.21 Å². The fourth-order valence-electron chi connectivity index (χ4n) is 1.72. The molecule has 0 aliphatic heterocycles. The lowest BCUT2D eigenvalue weighted by molar-refractivity contribution is -0.119. The van der Waals surface area contributed by atoms with Gasteiger partial charge in [0.2, 0.25) is 5.91 Å². The summed E-state index contributed by atoms with van der Waals surface area (Å²) in [7, 11) is 0. The van der Waals surface area contributed by atoms with Gasteiger partial charge in [-0.15, -0.1) is 24.0 Å². The quantitative estimate of drug-likeness (QED) is 0.398. The third kappa shape index (κ3) is 6.17. The van der Waals surface area contributed by atoms with E-state index >= 15 is 0 Å². The van der Waals surface area contributed by atoms with Crippen molar-refractivity contribution in [3.05, 3.63) is 54.0 Å². The molecule has 0 fully saturated rings. The second kappa shape index (κ2) is 9.08. The first-order valence-electron chi connectivity index (χ1n) is 6.56. The maximum Gasteiger partial charge on any atom is 0.242 e. The molecule has 1 aromatic heterocycles. The number of rotatable bonds is 5. The van der Waals surface area contributed by atoms with E-state index in [2.05, 4.69) is 15.6 Å². The molecule has 0 radical (unpaired) electrons. The van der Waals surface area contributed by atoms with Gasteiger partial charge in [-0.3, -0.25) is 4.79 Å². The third-order valence-electron chi connectivity index (χ3n) is 2.72. The number of aliphatic imine (C=N–C) groups is 1. The Bertz CT molecular complexity index is 626. The van der Waals surface area contributed by atoms with Crippen molar-refractivity contribution in [3.8, 4) is 0 Å². The van der Waals surface area contributed by atoms with E-state index in [9.17, 15) is 4.79 Å². The monoisotopic (exact) mass is 414 g/mol. The van der Waals surface area contributed by atoms with Crippen LogP contribution in [0.4, 0.5) is 5.69 Å². The van der Waals surface area contributed by atoms with Gasteiger partial charge in [0.15, 0.2) is 5.96 Å². The van der Waals surface area contributed by atoms with Gasteiger partial charge in [-0.1, -0.05) is 12.1 Å². The van der Waals surface area contributed by atoms with Crippen molar-refractivity contribution in [3.63, 3.8) is 0 Å². The molecule has 0 spiro atoms. The van der Waals surface area contributed by atoms with Gasteiger partial charge in [-0.25, -0.2) is 4.99 Å². The van der Waals surface area contributed by atoms with Gasteiger partial charge in [0.25, 0.3) is 0 Å². The number of nitrogens with one attached hydrogen (secondary N) is 2. The summed E-state index contributed by atoms with van der Waals surface area (Å²) in [4.78, 5) is 15.6. The van der Waals surface area contributed by atoms with E-state index in [-0.39, 0.29) is 42.4 Å². The van der Waals surface area contributed by atoms with Crippen LogP contribution in [0.2, 0.25) is 0 Å². The molecule has 1 heterocycles. The van der Waals surface area contributed by atoms with Crippen LogP contribution in [-0.4, -0.2) is 18.4 Å². The molecule has 0 saturated heterocycles. The largest absolute Gasteiger partial charge is 0.467 e. The van der Waals surface area contributed by atoms with Gasteiger partial charge in [0.05, 0.1) is 12.8 Å². The van der Waals surface area contributed by atoms with E-state index in [1.807, 2.05) is 31.2 Å². The summed E-state index contributed by atoms with van der Waals surface area (Å²) < 4.78 is 5.11. The molecule has 7 heteroatoms. The maximum atomic E-state index is 11.6. The number of halogens is 1. The Labute approximate surface area is 146 Å². The van der Waals surface area contributed by atoms with E-state index in [1.165, 1.54) is 0 Å². The highest BCUT2D eigenvalue weighted by molar-refractivity contribution is 14.0. The van der Waals surface area contributed by atoms with Gasteiger partial charge < -0.3 is 20.8 Å². The molecule has 0 aliphatic carbocycles. The molecule has 0 unspecified atom stereocenters. The minimum atomic E-state index is -0.222. The van der Waals surface area contributed by atoms with E-state index in [1.54, 1.807) is 18.4 Å². The molecule has 22 heavy (non-hydrogen) atoms. The molecule has 1 aromatic carbocycles. The minimum absolute atomic E-state index is 0. The van der Waals surface area contributed by atoms with E-state index in [0.29, 0.717) is 12.3 Å². The molecule has 4 N–H and O–H groups in total. The Morgan fingerprint density at radius 3 is 2.82 bits per heavy atom. The third-order valence-corrected chi connectivity index (χ3v) is 2.72. The van der Waals surface area contributed by atoms with Crippen LogP contribution in [0, 0.1) is 6.92 Å². The van der Waals surface area contributed by atoms with Gasteiger partial charge in [-0.05, 0) is 36.8 Å². The van der Waals surface area contributed by atoms with Crippen molar-refractivity contribution in [1.82, 2.24) is 5.32 Å². The number of furan rings is 1. The number of anilines is 1. The summed E-state index contributed by atoms with van der Waals surface area (Å²) in [5.74, 6) is 0.673. The van der Waals surface area contributed by atoms with Crippen LogP contribution < -0.4 is 16.4 Å². The van der Waals surface area contributed by atoms with Crippen molar-refractivity contribution in [2.45, 2.75) is 13.5 Å². The highest BCUT2D eigenvalue weighted by atomic mass is 127. The van der Waals surface area contributed by atoms with Gasteiger partial charge >= 0.3 is 0 Å². The minimum Gasteiger partial charge on any atom is -0.467 e. The van der Waals surface area contributed by atoms with Crippen molar-refractivity contribution >= 4 is 41.5 Å². The molecular weight excluding hydrogens is 395 g/mol. The van der Waals surface area contributed by atoms with Crippen LogP contribution in [0.1, 0.15) is 11.3 Å². The molecule has 0 atom stereocenters. The Hall–Kier alpha value is -2.03. The highest BCUT2D eigenvalue weighted by Crippen LogP contribution is 2.08. The van der Waals surface area contributed by atoms with Crippen LogP contribution in [0.5, 0.6) is 0 Å². The zero-order valence-corrected chi connectivity index (χ0v) is 14.5. The second-order valence-electron chi connectivity index (χ2n) is 4.55. The van der Waals surface area contributed by atoms with Crippen LogP contribution in [0.25, 0.3) is 0 Å². The first-order chi connectivity index (χ1) is 10.1. The predicted molar refractivity (Wildman–Crippen MR) is 97.3 cm³/mol. The number of guanidine groups is 1. The van der Waals surface area contributed by atoms with Crippen LogP contribution in [-0.2, 0) is 11.3 Å². The molecule has 0 saturated carbocycles. The van der Waals surface area contributed by atoms with Crippen molar-refractivity contribution in [2.75, 3.05) is 11.9 Å². The maximum absolute atomic E-state index is 11.6. The molecule has 0 bridgehead atoms. The number of carbonyl (C=O) groups is 1. The zero-order chi connectivity index (χ0) is 15.1. The van der Waals surface area contributed by atoms with E-state index < -0.39 is 0 Å². The molecule has 6 nitrogen and oxygen atoms in total. The van der Waals surface area contributed by atoms with Crippen molar-refractivity contribution in [1.29, 1.82) is 0 Å². The van der Waals surface area contributed by atoms with Crippen LogP contribution >= 0.6 is 24.0 Å². The number of amides is 1. The zero-order valence-electron chi connectivity index (χ0n) is 12.2. The summed E-state index contributed by atoms with van der Waals surface area (Å²) in [6.07, 6.45) is 1.56. The fraction of sp³-hybridized carbons (Fsp3) is 0.200. The lowest BCUT2D eigenvalue weighted by atomic mass is 10.2. The second-order valence-corrected chi connectivity index (χ2v) is 4.55. The molecular formula is C15H19IN4O2. The summed E-state index contributed by atoms with van der Waals surface area (Å²) in [5.41, 5.74) is 7.69.